The van der Waals surface area contributed by atoms with Crippen LogP contribution in [0.5, 0.6) is 0 Å². The van der Waals surface area contributed by atoms with Gasteiger partial charge < -0.3 is 15.1 Å². The number of halogens is 2. The van der Waals surface area contributed by atoms with Crippen molar-refractivity contribution in [2.24, 2.45) is 0 Å². The van der Waals surface area contributed by atoms with Crippen LogP contribution in [0.2, 0.25) is 0 Å². The number of carboxylic acids is 1. The molecule has 6 heteroatoms. The lowest BCUT2D eigenvalue weighted by molar-refractivity contribution is 0.0695. The van der Waals surface area contributed by atoms with Crippen LogP contribution < -0.4 is 4.90 Å². The first-order chi connectivity index (χ1) is 8.97. The second kappa shape index (κ2) is 7.04. The zero-order valence-electron chi connectivity index (χ0n) is 10.7. The first-order valence-corrected chi connectivity index (χ1v) is 6.01. The van der Waals surface area contributed by atoms with Crippen LogP contribution in [0.15, 0.2) is 12.1 Å². The largest absolute Gasteiger partial charge is 0.478 e. The minimum atomic E-state index is -1.37. The fourth-order valence-electron chi connectivity index (χ4n) is 1.80. The number of unbranched alkanes of at least 4 members (excludes halogenated alkanes) is 2. The minimum Gasteiger partial charge on any atom is -0.478 e. The van der Waals surface area contributed by atoms with Crippen LogP contribution >= 0.6 is 0 Å². The highest BCUT2D eigenvalue weighted by Gasteiger charge is 2.17. The molecule has 0 fully saturated rings. The average Bonchev–Trinajstić information content (AvgIpc) is 2.33. The summed E-state index contributed by atoms with van der Waals surface area (Å²) in [5.41, 5.74) is -0.638. The monoisotopic (exact) mass is 273 g/mol. The molecule has 0 aliphatic rings. The summed E-state index contributed by atoms with van der Waals surface area (Å²) in [6, 6.07) is 1.62. The summed E-state index contributed by atoms with van der Waals surface area (Å²) in [6.45, 7) is 0.528. The van der Waals surface area contributed by atoms with E-state index >= 15 is 0 Å². The molecule has 0 radical (unpaired) electrons. The van der Waals surface area contributed by atoms with E-state index in [9.17, 15) is 13.6 Å². The zero-order valence-corrected chi connectivity index (χ0v) is 10.7. The zero-order chi connectivity index (χ0) is 14.4. The maximum absolute atomic E-state index is 13.7. The molecule has 0 heterocycles. The number of nitrogens with zero attached hydrogens (tertiary/aromatic N) is 1. The van der Waals surface area contributed by atoms with Gasteiger partial charge in [-0.3, -0.25) is 0 Å². The third kappa shape index (κ3) is 4.17. The molecule has 0 amide bonds. The molecule has 0 saturated carbocycles. The average molecular weight is 273 g/mol. The van der Waals surface area contributed by atoms with E-state index in [0.29, 0.717) is 19.4 Å². The van der Waals surface area contributed by atoms with Gasteiger partial charge in [0.1, 0.15) is 17.3 Å². The van der Waals surface area contributed by atoms with Crippen molar-refractivity contribution in [1.82, 2.24) is 0 Å². The van der Waals surface area contributed by atoms with Gasteiger partial charge in [-0.25, -0.2) is 13.6 Å². The number of hydrogen-bond acceptors (Lipinski definition) is 3. The summed E-state index contributed by atoms with van der Waals surface area (Å²) in [6.07, 6.45) is 2.10. The van der Waals surface area contributed by atoms with E-state index in [4.69, 9.17) is 10.2 Å². The number of aliphatic hydroxyl groups is 1. The van der Waals surface area contributed by atoms with Crippen LogP contribution in [-0.2, 0) is 0 Å². The van der Waals surface area contributed by atoms with Crippen molar-refractivity contribution in [2.75, 3.05) is 25.1 Å². The van der Waals surface area contributed by atoms with E-state index in [1.54, 1.807) is 7.05 Å². The van der Waals surface area contributed by atoms with Crippen LogP contribution in [0, 0.1) is 11.6 Å². The van der Waals surface area contributed by atoms with E-state index < -0.39 is 23.2 Å². The van der Waals surface area contributed by atoms with Crippen molar-refractivity contribution in [3.8, 4) is 0 Å². The molecular formula is C13H17F2NO3. The van der Waals surface area contributed by atoms with Crippen LogP contribution in [0.1, 0.15) is 29.6 Å². The first-order valence-electron chi connectivity index (χ1n) is 6.01. The molecule has 0 aromatic heterocycles. The lowest BCUT2D eigenvalue weighted by Crippen LogP contribution is -2.21. The van der Waals surface area contributed by atoms with Gasteiger partial charge in [-0.05, 0) is 31.4 Å². The Morgan fingerprint density at radius 1 is 1.21 bits per heavy atom. The maximum Gasteiger partial charge on any atom is 0.335 e. The Bertz CT molecular complexity index is 429. The van der Waals surface area contributed by atoms with Gasteiger partial charge in [0.15, 0.2) is 0 Å². The lowest BCUT2D eigenvalue weighted by atomic mass is 10.1. The van der Waals surface area contributed by atoms with Crippen molar-refractivity contribution in [1.29, 1.82) is 0 Å². The van der Waals surface area contributed by atoms with Gasteiger partial charge in [0.25, 0.3) is 0 Å². The molecule has 0 atom stereocenters. The molecule has 0 aliphatic heterocycles. The molecule has 0 aliphatic carbocycles. The molecular weight excluding hydrogens is 256 g/mol. The van der Waals surface area contributed by atoms with Crippen molar-refractivity contribution in [3.63, 3.8) is 0 Å². The second-order valence-electron chi connectivity index (χ2n) is 4.30. The van der Waals surface area contributed by atoms with E-state index in [1.807, 2.05) is 0 Å². The fourth-order valence-corrected chi connectivity index (χ4v) is 1.80. The Hall–Kier alpha value is -1.69. The van der Waals surface area contributed by atoms with E-state index in [2.05, 4.69) is 0 Å². The number of carbonyl (C=O) groups is 1. The molecule has 19 heavy (non-hydrogen) atoms. The lowest BCUT2D eigenvalue weighted by Gasteiger charge is -2.20. The molecule has 1 aromatic rings. The normalized spacial score (nSPS) is 10.5. The molecule has 2 N–H and O–H groups in total. The van der Waals surface area contributed by atoms with Gasteiger partial charge >= 0.3 is 5.97 Å². The SMILES string of the molecule is CN(CCCCCO)c1c(F)cc(C(=O)O)cc1F. The number of anilines is 1. The highest BCUT2D eigenvalue weighted by molar-refractivity contribution is 5.88. The number of hydrogen-bond donors (Lipinski definition) is 2. The fraction of sp³-hybridized carbons (Fsp3) is 0.462. The molecule has 1 aromatic carbocycles. The van der Waals surface area contributed by atoms with E-state index in [0.717, 1.165) is 18.6 Å². The molecule has 0 saturated heterocycles. The summed E-state index contributed by atoms with van der Waals surface area (Å²) in [4.78, 5) is 12.1. The molecule has 0 bridgehead atoms. The van der Waals surface area contributed by atoms with Crippen molar-refractivity contribution in [2.45, 2.75) is 19.3 Å². The molecule has 0 unspecified atom stereocenters. The smallest absolute Gasteiger partial charge is 0.335 e. The summed E-state index contributed by atoms with van der Waals surface area (Å²) in [5.74, 6) is -3.14. The third-order valence-electron chi connectivity index (χ3n) is 2.80. The van der Waals surface area contributed by atoms with Gasteiger partial charge in [-0.1, -0.05) is 0 Å². The van der Waals surface area contributed by atoms with Crippen LogP contribution in [0.4, 0.5) is 14.5 Å². The van der Waals surface area contributed by atoms with Crippen molar-refractivity contribution < 1.29 is 23.8 Å². The number of rotatable bonds is 7. The summed E-state index contributed by atoms with van der Waals surface area (Å²) < 4.78 is 27.4. The number of aliphatic hydroxyl groups excluding tert-OH is 1. The maximum atomic E-state index is 13.7. The second-order valence-corrected chi connectivity index (χ2v) is 4.30. The molecule has 4 nitrogen and oxygen atoms in total. The minimum absolute atomic E-state index is 0.0970. The summed E-state index contributed by atoms with van der Waals surface area (Å²) >= 11 is 0. The highest BCUT2D eigenvalue weighted by Crippen LogP contribution is 2.24. The Morgan fingerprint density at radius 3 is 2.26 bits per heavy atom. The topological polar surface area (TPSA) is 60.8 Å². The van der Waals surface area contributed by atoms with E-state index in [-0.39, 0.29) is 12.3 Å². The Kier molecular flexibility index (Phi) is 5.69. The number of carboxylic acid groups (broad SMARTS) is 1. The number of aromatic carboxylic acids is 1. The third-order valence-corrected chi connectivity index (χ3v) is 2.80. The van der Waals surface area contributed by atoms with Crippen molar-refractivity contribution >= 4 is 11.7 Å². The van der Waals surface area contributed by atoms with Gasteiger partial charge in [-0.2, -0.15) is 0 Å². The van der Waals surface area contributed by atoms with Crippen molar-refractivity contribution in [3.05, 3.63) is 29.3 Å². The molecule has 0 spiro atoms. The predicted molar refractivity (Wildman–Crippen MR) is 67.5 cm³/mol. The molecule has 106 valence electrons. The quantitative estimate of drug-likeness (QED) is 0.748. The van der Waals surface area contributed by atoms with Crippen LogP contribution in [-0.4, -0.2) is 36.4 Å². The summed E-state index contributed by atoms with van der Waals surface area (Å²) in [5, 5.41) is 17.3. The van der Waals surface area contributed by atoms with Gasteiger partial charge in [0.05, 0.1) is 5.56 Å². The molecule has 1 rings (SSSR count). The number of benzene rings is 1. The van der Waals surface area contributed by atoms with Crippen LogP contribution in [0.3, 0.4) is 0 Å². The standard InChI is InChI=1S/C13H17F2NO3/c1-16(5-3-2-4-6-17)12-10(14)7-9(13(18)19)8-11(12)15/h7-8,17H,2-6H2,1H3,(H,18,19). The Morgan fingerprint density at radius 2 is 1.79 bits per heavy atom. The van der Waals surface area contributed by atoms with Gasteiger partial charge in [0, 0.05) is 20.2 Å². The Balaban J connectivity index is 2.79. The van der Waals surface area contributed by atoms with E-state index in [1.165, 1.54) is 4.90 Å². The first kappa shape index (κ1) is 15.4. The van der Waals surface area contributed by atoms with Gasteiger partial charge in [0.2, 0.25) is 0 Å². The summed E-state index contributed by atoms with van der Waals surface area (Å²) in [7, 11) is 1.54. The highest BCUT2D eigenvalue weighted by atomic mass is 19.1. The van der Waals surface area contributed by atoms with Crippen LogP contribution in [0.25, 0.3) is 0 Å². The Labute approximate surface area is 110 Å². The predicted octanol–water partition coefficient (Wildman–Crippen LogP) is 2.26. The van der Waals surface area contributed by atoms with Gasteiger partial charge in [-0.15, -0.1) is 0 Å².